The number of alkyl halides is 2. The van der Waals surface area contributed by atoms with E-state index in [1.54, 1.807) is 121 Å². The highest BCUT2D eigenvalue weighted by atomic mass is 79.9. The van der Waals surface area contributed by atoms with Crippen molar-refractivity contribution in [1.82, 2.24) is 34.9 Å². The lowest BCUT2D eigenvalue weighted by atomic mass is 10.2. The number of aromatic nitrogens is 7. The molecule has 81 heavy (non-hydrogen) atoms. The summed E-state index contributed by atoms with van der Waals surface area (Å²) in [6.45, 7) is 12.3. The molecule has 8 aromatic rings. The first-order chi connectivity index (χ1) is 38.4. The summed E-state index contributed by atoms with van der Waals surface area (Å²) >= 11 is 17.2. The molecule has 8 heterocycles. The van der Waals surface area contributed by atoms with Crippen molar-refractivity contribution in [3.8, 4) is 0 Å². The van der Waals surface area contributed by atoms with Gasteiger partial charge in [0, 0.05) is 24.8 Å². The Morgan fingerprint density at radius 3 is 1.36 bits per heavy atom. The number of ether oxygens (including phenoxy) is 3. The molecule has 0 bridgehead atoms. The molecule has 0 aliphatic carbocycles. The molecule has 0 spiro atoms. The monoisotopic (exact) mass is 1290 g/mol. The minimum Gasteiger partial charge on any atom is -0.480 e. The van der Waals surface area contributed by atoms with Crippen LogP contribution in [-0.2, 0) is 54.3 Å². The average Bonchev–Trinajstić information content (AvgIpc) is 4.30. The predicted molar refractivity (Wildman–Crippen MR) is 304 cm³/mol. The zero-order valence-corrected chi connectivity index (χ0v) is 49.7. The van der Waals surface area contributed by atoms with Crippen molar-refractivity contribution in [3.63, 3.8) is 0 Å². The first kappa shape index (κ1) is 70.7. The molecule has 0 saturated carbocycles. The number of carbonyl (C=O) groups is 5. The number of methoxy groups -OCH3 is 1. The first-order valence-electron chi connectivity index (χ1n) is 23.5. The molecule has 0 fully saturated rings. The number of hydrogen-bond donors (Lipinski definition) is 4. The topological polar surface area (TPSA) is 370 Å². The van der Waals surface area contributed by atoms with Crippen LogP contribution in [0.15, 0.2) is 150 Å². The average molecular weight is 1300 g/mol. The fourth-order valence-electron chi connectivity index (χ4n) is 4.72. The fraction of sp³-hybridized carbons (Fsp3) is 0.288. The molecule has 8 aromatic heterocycles. The molecule has 29 heteroatoms. The summed E-state index contributed by atoms with van der Waals surface area (Å²) in [5.74, 6) is 1.18. The summed E-state index contributed by atoms with van der Waals surface area (Å²) < 4.78 is 36.5. The van der Waals surface area contributed by atoms with Crippen molar-refractivity contribution < 1.29 is 65.4 Å². The van der Waals surface area contributed by atoms with Crippen LogP contribution in [0.4, 0.5) is 21.2 Å². The number of aliphatic carboxylic acids is 1. The Balaban J connectivity index is 0.000000482. The van der Waals surface area contributed by atoms with Gasteiger partial charge in [-0.3, -0.25) is 14.4 Å². The van der Waals surface area contributed by atoms with Crippen LogP contribution in [0.5, 0.6) is 0 Å². The van der Waals surface area contributed by atoms with Crippen molar-refractivity contribution in [1.29, 1.82) is 0 Å². The van der Waals surface area contributed by atoms with E-state index in [2.05, 4.69) is 101 Å². The third kappa shape index (κ3) is 35.8. The number of oxazole rings is 3. The molecule has 0 aliphatic rings. The van der Waals surface area contributed by atoms with Crippen LogP contribution in [0.25, 0.3) is 0 Å². The molecule has 0 radical (unpaired) electrons. The van der Waals surface area contributed by atoms with Crippen LogP contribution in [0.1, 0.15) is 88.4 Å². The van der Waals surface area contributed by atoms with Gasteiger partial charge in [-0.2, -0.15) is 0 Å². The number of nitrogens with one attached hydrogen (secondary N) is 1. The maximum Gasteiger partial charge on any atom is 0.518 e. The highest BCUT2D eigenvalue weighted by molar-refractivity contribution is 9.10. The van der Waals surface area contributed by atoms with E-state index in [0.29, 0.717) is 58.9 Å². The number of halogens is 4. The second kappa shape index (κ2) is 40.0. The lowest BCUT2D eigenvalue weighted by Crippen LogP contribution is -2.27. The first-order valence-corrected chi connectivity index (χ1v) is 26.1. The third-order valence-electron chi connectivity index (χ3n) is 8.25. The summed E-state index contributed by atoms with van der Waals surface area (Å²) in [5.41, 5.74) is 13.2. The Bertz CT molecular complexity index is 2920. The van der Waals surface area contributed by atoms with E-state index in [4.69, 9.17) is 47.3 Å². The molecule has 2 amide bonds. The number of amides is 2. The minimum atomic E-state index is -1.17. The molecule has 8 rings (SSSR count). The highest BCUT2D eigenvalue weighted by Gasteiger charge is 2.19. The molecule has 0 saturated heterocycles. The number of esters is 1. The van der Waals surface area contributed by atoms with Gasteiger partial charge in [-0.15, -0.1) is 0 Å². The molecule has 2 atom stereocenters. The minimum absolute atomic E-state index is 0.122. The molecule has 2 unspecified atom stereocenters. The van der Waals surface area contributed by atoms with Crippen LogP contribution in [0.2, 0.25) is 10.3 Å². The highest BCUT2D eigenvalue weighted by Crippen LogP contribution is 2.13. The number of primary amides is 1. The van der Waals surface area contributed by atoms with Gasteiger partial charge < -0.3 is 58.2 Å². The van der Waals surface area contributed by atoms with Crippen molar-refractivity contribution in [2.75, 3.05) is 18.2 Å². The number of rotatable bonds is 11. The van der Waals surface area contributed by atoms with E-state index in [-0.39, 0.29) is 23.1 Å². The molecule has 6 N–H and O–H groups in total. The number of hydrogen-bond acceptors (Lipinski definition) is 22. The van der Waals surface area contributed by atoms with Crippen LogP contribution in [0, 0.1) is 0 Å². The number of carboxylic acid groups (broad SMARTS) is 1. The Morgan fingerprint density at radius 1 is 0.642 bits per heavy atom. The van der Waals surface area contributed by atoms with Gasteiger partial charge in [-0.25, -0.2) is 49.3 Å². The number of nitrogen functional groups attached to an aromatic ring is 1. The molecule has 0 aliphatic heterocycles. The van der Waals surface area contributed by atoms with Gasteiger partial charge in [0.1, 0.15) is 63.7 Å². The summed E-state index contributed by atoms with van der Waals surface area (Å²) in [6.07, 6.45) is 18.4. The molecular formula is C52H60Br2Cl2N10O15. The standard InChI is InChI=1S/C12H12BrN3O2.C9H7ClN2O.C9H9N3O.C8H8ClNO2.C6H11NO4.C3H5BrO2.C3H2O3.C2H6/c1-8(13)12(17)16-10-3-2-9(7-15-10)6-11-14-4-5-18-11;2*10-8-2-1-7(6-12-8)5-9-11-3-4-13-9;1-12-8(11)4-6-2-3-7(9)10-5-6;1-6(2,3)11-5(9)10-4(7)8;1-2(4)3(5)6;4-3-5-1-2-6-3;1-2/h2-5,7-8H,6H2,1H3,(H,15,16,17);1-4,6H,5H2;1-4,6H,5H2,(H2,10,12);2-3,5H,4H2,1H3;1-3H3,(H2,7,8);2H,1H3,(H,5,6);1-2H;1-2H3. The second-order valence-electron chi connectivity index (χ2n) is 15.9. The van der Waals surface area contributed by atoms with Crippen molar-refractivity contribution in [2.24, 2.45) is 5.73 Å². The van der Waals surface area contributed by atoms with Crippen LogP contribution in [0.3, 0.4) is 0 Å². The van der Waals surface area contributed by atoms with Crippen molar-refractivity contribution in [2.45, 2.75) is 89.4 Å². The van der Waals surface area contributed by atoms with Crippen molar-refractivity contribution >= 4 is 96.8 Å². The van der Waals surface area contributed by atoms with Gasteiger partial charge in [0.15, 0.2) is 17.7 Å². The normalized spacial score (nSPS) is 10.5. The van der Waals surface area contributed by atoms with Crippen molar-refractivity contribution in [3.05, 3.63) is 184 Å². The molecular weight excluding hydrogens is 1240 g/mol. The molecule has 25 nitrogen and oxygen atoms in total. The van der Waals surface area contributed by atoms with E-state index in [1.807, 2.05) is 32.0 Å². The van der Waals surface area contributed by atoms with Gasteiger partial charge in [0.05, 0.1) is 56.2 Å². The van der Waals surface area contributed by atoms with E-state index in [9.17, 15) is 28.8 Å². The SMILES string of the molecule is CC.CC(Br)C(=O)Nc1ccc(Cc2ncco2)cn1.CC(Br)C(=O)O.CC(C)(C)OC(=O)OC(N)=O.COC(=O)Cc1ccc(Cl)nc1.Clc1ccc(Cc2ncco2)cn1.Nc1ccc(Cc2ncco2)cn1.O=c1occo1. The van der Waals surface area contributed by atoms with Gasteiger partial charge >= 0.3 is 30.0 Å². The number of nitrogens with two attached hydrogens (primary N) is 2. The fourth-order valence-corrected chi connectivity index (χ4v) is 5.06. The number of pyridine rings is 4. The number of carboxylic acids is 1. The second-order valence-corrected chi connectivity index (χ2v) is 19.4. The number of nitrogens with zero attached hydrogens (tertiary/aromatic N) is 7. The van der Waals surface area contributed by atoms with Gasteiger partial charge in [-0.05, 0) is 81.1 Å². The number of anilines is 2. The van der Waals surface area contributed by atoms with E-state index < -0.39 is 34.5 Å². The maximum absolute atomic E-state index is 11.4. The molecule has 0 aromatic carbocycles. The maximum atomic E-state index is 11.4. The lowest BCUT2D eigenvalue weighted by molar-refractivity contribution is -0.140. The largest absolute Gasteiger partial charge is 0.518 e. The Hall–Kier alpha value is -8.27. The zero-order valence-electron chi connectivity index (χ0n) is 45.0. The third-order valence-corrected chi connectivity index (χ3v) is 9.51. The molecule has 436 valence electrons. The van der Waals surface area contributed by atoms with E-state index >= 15 is 0 Å². The summed E-state index contributed by atoms with van der Waals surface area (Å²) in [7, 11) is 1.35. The lowest BCUT2D eigenvalue weighted by Gasteiger charge is -2.17. The predicted octanol–water partition coefficient (Wildman–Crippen LogP) is 10.5. The summed E-state index contributed by atoms with van der Waals surface area (Å²) in [5, 5.41) is 11.6. The quantitative estimate of drug-likeness (QED) is 0.0404. The summed E-state index contributed by atoms with van der Waals surface area (Å²) in [6, 6.07) is 14.3. The Labute approximate surface area is 491 Å². The van der Waals surface area contributed by atoms with Crippen LogP contribution in [-0.4, -0.2) is 92.5 Å². The Kier molecular flexibility index (Phi) is 34.9. The van der Waals surface area contributed by atoms with Gasteiger partial charge in [0.25, 0.3) is 0 Å². The van der Waals surface area contributed by atoms with E-state index in [1.165, 1.54) is 25.9 Å². The Morgan fingerprint density at radius 2 is 1.06 bits per heavy atom. The zero-order chi connectivity index (χ0) is 60.8. The van der Waals surface area contributed by atoms with Gasteiger partial charge in [0.2, 0.25) is 5.91 Å². The summed E-state index contributed by atoms with van der Waals surface area (Å²) in [4.78, 5) is 89.4. The van der Waals surface area contributed by atoms with Gasteiger partial charge in [-0.1, -0.05) is 93.2 Å². The van der Waals surface area contributed by atoms with Crippen LogP contribution < -0.4 is 22.6 Å². The van der Waals surface area contributed by atoms with E-state index in [0.717, 1.165) is 22.3 Å². The van der Waals surface area contributed by atoms with Crippen LogP contribution >= 0.6 is 55.1 Å². The number of carbonyl (C=O) groups excluding carboxylic acids is 4. The smallest absolute Gasteiger partial charge is 0.480 e.